The van der Waals surface area contributed by atoms with E-state index in [0.29, 0.717) is 0 Å². The molecule has 0 bridgehead atoms. The standard InChI is InChI=1S/C24H22O/c1-5-18(6-2)21-13-14-22-17(4)23(25-24(22)16-21)15-19(7-3)20-11-9-8-10-12-20/h5-16H,1,3H2,2,4H3/b18-6+,19-15+. The number of benzene rings is 2. The van der Waals surface area contributed by atoms with Crippen LogP contribution in [-0.2, 0) is 0 Å². The van der Waals surface area contributed by atoms with E-state index in [1.165, 1.54) is 0 Å². The van der Waals surface area contributed by atoms with Crippen molar-refractivity contribution < 1.29 is 4.42 Å². The molecule has 0 radical (unpaired) electrons. The smallest absolute Gasteiger partial charge is 0.135 e. The summed E-state index contributed by atoms with van der Waals surface area (Å²) in [6, 6.07) is 16.5. The van der Waals surface area contributed by atoms with Crippen LogP contribution in [0.25, 0.3) is 28.2 Å². The normalized spacial score (nSPS) is 12.4. The Morgan fingerprint density at radius 2 is 1.64 bits per heavy atom. The summed E-state index contributed by atoms with van der Waals surface area (Å²) >= 11 is 0. The molecule has 2 aromatic carbocycles. The molecule has 3 rings (SSSR count). The Kier molecular flexibility index (Phi) is 4.85. The van der Waals surface area contributed by atoms with E-state index in [2.05, 4.69) is 62.6 Å². The minimum atomic E-state index is 0.867. The first-order valence-electron chi connectivity index (χ1n) is 8.39. The number of allylic oxidation sites excluding steroid dienone is 5. The van der Waals surface area contributed by atoms with Gasteiger partial charge in [-0.3, -0.25) is 0 Å². The predicted molar refractivity (Wildman–Crippen MR) is 109 cm³/mol. The van der Waals surface area contributed by atoms with Crippen LogP contribution in [-0.4, -0.2) is 0 Å². The molecule has 0 N–H and O–H groups in total. The quantitative estimate of drug-likeness (QED) is 0.457. The average Bonchev–Trinajstić information content (AvgIpc) is 2.96. The maximum Gasteiger partial charge on any atom is 0.135 e. The molecule has 1 nitrogen and oxygen atoms in total. The largest absolute Gasteiger partial charge is 0.456 e. The lowest BCUT2D eigenvalue weighted by molar-refractivity contribution is 0.601. The molecule has 0 saturated heterocycles. The highest BCUT2D eigenvalue weighted by molar-refractivity contribution is 5.92. The summed E-state index contributed by atoms with van der Waals surface area (Å²) in [5, 5.41) is 1.13. The van der Waals surface area contributed by atoms with Crippen LogP contribution in [0.3, 0.4) is 0 Å². The first-order chi connectivity index (χ1) is 12.2. The van der Waals surface area contributed by atoms with Gasteiger partial charge in [0.2, 0.25) is 0 Å². The maximum atomic E-state index is 6.15. The van der Waals surface area contributed by atoms with Crippen LogP contribution in [0.1, 0.15) is 29.4 Å². The summed E-state index contributed by atoms with van der Waals surface area (Å²) in [5.41, 5.74) is 6.41. The van der Waals surface area contributed by atoms with E-state index in [1.54, 1.807) is 0 Å². The fourth-order valence-electron chi connectivity index (χ4n) is 3.00. The summed E-state index contributed by atoms with van der Waals surface area (Å²) in [5.74, 6) is 0.867. The molecule has 1 heterocycles. The Morgan fingerprint density at radius 1 is 0.920 bits per heavy atom. The molecular formula is C24H22O. The van der Waals surface area contributed by atoms with Crippen LogP contribution in [0.2, 0.25) is 0 Å². The fourth-order valence-corrected chi connectivity index (χ4v) is 3.00. The van der Waals surface area contributed by atoms with E-state index in [-0.39, 0.29) is 0 Å². The van der Waals surface area contributed by atoms with E-state index < -0.39 is 0 Å². The zero-order valence-electron chi connectivity index (χ0n) is 14.8. The lowest BCUT2D eigenvalue weighted by atomic mass is 10.0. The zero-order valence-corrected chi connectivity index (χ0v) is 14.8. The third-order valence-corrected chi connectivity index (χ3v) is 4.45. The Balaban J connectivity index is 2.11. The maximum absolute atomic E-state index is 6.15. The highest BCUT2D eigenvalue weighted by Crippen LogP contribution is 2.31. The van der Waals surface area contributed by atoms with Crippen molar-refractivity contribution in [2.75, 3.05) is 0 Å². The van der Waals surface area contributed by atoms with Gasteiger partial charge in [-0.1, -0.05) is 73.9 Å². The molecule has 124 valence electrons. The molecule has 0 saturated carbocycles. The summed E-state index contributed by atoms with van der Waals surface area (Å²) in [4.78, 5) is 0. The van der Waals surface area contributed by atoms with E-state index in [0.717, 1.165) is 44.6 Å². The molecule has 0 aliphatic carbocycles. The van der Waals surface area contributed by atoms with Crippen molar-refractivity contribution in [3.8, 4) is 0 Å². The van der Waals surface area contributed by atoms with Crippen LogP contribution in [0.15, 0.2) is 84.3 Å². The summed E-state index contributed by atoms with van der Waals surface area (Å²) < 4.78 is 6.15. The Bertz CT molecular complexity index is 982. The summed E-state index contributed by atoms with van der Waals surface area (Å²) in [6.45, 7) is 11.9. The number of furan rings is 1. The van der Waals surface area contributed by atoms with E-state index in [9.17, 15) is 0 Å². The second kappa shape index (κ2) is 7.23. The first-order valence-corrected chi connectivity index (χ1v) is 8.39. The lowest BCUT2D eigenvalue weighted by Crippen LogP contribution is -1.81. The van der Waals surface area contributed by atoms with E-state index in [1.807, 2.05) is 37.3 Å². The van der Waals surface area contributed by atoms with Crippen LogP contribution in [0, 0.1) is 6.92 Å². The lowest BCUT2D eigenvalue weighted by Gasteiger charge is -2.01. The highest BCUT2D eigenvalue weighted by Gasteiger charge is 2.11. The van der Waals surface area contributed by atoms with Crippen molar-refractivity contribution in [1.29, 1.82) is 0 Å². The highest BCUT2D eigenvalue weighted by atomic mass is 16.3. The topological polar surface area (TPSA) is 13.1 Å². The van der Waals surface area contributed by atoms with Gasteiger partial charge in [0.05, 0.1) is 0 Å². The van der Waals surface area contributed by atoms with Crippen LogP contribution >= 0.6 is 0 Å². The molecule has 0 fully saturated rings. The fraction of sp³-hybridized carbons (Fsp3) is 0.0833. The molecule has 0 aliphatic rings. The molecule has 25 heavy (non-hydrogen) atoms. The second-order valence-electron chi connectivity index (χ2n) is 5.92. The van der Waals surface area contributed by atoms with Crippen molar-refractivity contribution in [3.63, 3.8) is 0 Å². The van der Waals surface area contributed by atoms with Crippen LogP contribution in [0.4, 0.5) is 0 Å². The minimum absolute atomic E-state index is 0.867. The third-order valence-electron chi connectivity index (χ3n) is 4.45. The summed E-state index contributed by atoms with van der Waals surface area (Å²) in [7, 11) is 0. The number of rotatable bonds is 5. The number of fused-ring (bicyclic) bond motifs is 1. The summed E-state index contributed by atoms with van der Waals surface area (Å²) in [6.07, 6.45) is 7.84. The molecule has 0 amide bonds. The minimum Gasteiger partial charge on any atom is -0.456 e. The van der Waals surface area contributed by atoms with Gasteiger partial charge in [-0.2, -0.15) is 0 Å². The number of aryl methyl sites for hydroxylation is 1. The van der Waals surface area contributed by atoms with Crippen molar-refractivity contribution in [3.05, 3.63) is 102 Å². The van der Waals surface area contributed by atoms with Gasteiger partial charge < -0.3 is 4.42 Å². The van der Waals surface area contributed by atoms with Gasteiger partial charge in [-0.25, -0.2) is 0 Å². The van der Waals surface area contributed by atoms with Crippen molar-refractivity contribution in [1.82, 2.24) is 0 Å². The van der Waals surface area contributed by atoms with Crippen molar-refractivity contribution >= 4 is 28.2 Å². The molecule has 1 heteroatoms. The SMILES string of the molecule is C=C/C(=C\c1oc2cc(/C(C=C)=C/C)ccc2c1C)c1ccccc1. The molecule has 0 spiro atoms. The molecule has 0 aliphatic heterocycles. The van der Waals surface area contributed by atoms with Gasteiger partial charge in [-0.05, 0) is 48.3 Å². The van der Waals surface area contributed by atoms with Gasteiger partial charge in [0.1, 0.15) is 11.3 Å². The monoisotopic (exact) mass is 326 g/mol. The van der Waals surface area contributed by atoms with Crippen molar-refractivity contribution in [2.24, 2.45) is 0 Å². The molecular weight excluding hydrogens is 304 g/mol. The van der Waals surface area contributed by atoms with E-state index in [4.69, 9.17) is 4.42 Å². The number of hydrogen-bond donors (Lipinski definition) is 0. The molecule has 0 unspecified atom stereocenters. The predicted octanol–water partition coefficient (Wildman–Crippen LogP) is 7.06. The Morgan fingerprint density at radius 3 is 2.28 bits per heavy atom. The average molecular weight is 326 g/mol. The first kappa shape index (κ1) is 16.8. The number of hydrogen-bond acceptors (Lipinski definition) is 1. The van der Waals surface area contributed by atoms with E-state index >= 15 is 0 Å². The molecule has 1 aromatic heterocycles. The third kappa shape index (κ3) is 3.27. The second-order valence-corrected chi connectivity index (χ2v) is 5.92. The van der Waals surface area contributed by atoms with Crippen LogP contribution in [0.5, 0.6) is 0 Å². The Labute approximate surface area is 149 Å². The molecule has 0 atom stereocenters. The van der Waals surface area contributed by atoms with Gasteiger partial charge in [0, 0.05) is 10.9 Å². The van der Waals surface area contributed by atoms with Crippen LogP contribution < -0.4 is 0 Å². The zero-order chi connectivity index (χ0) is 17.8. The van der Waals surface area contributed by atoms with Gasteiger partial charge in [-0.15, -0.1) is 0 Å². The molecule has 3 aromatic rings. The Hall–Kier alpha value is -3.06. The van der Waals surface area contributed by atoms with Gasteiger partial charge in [0.25, 0.3) is 0 Å². The van der Waals surface area contributed by atoms with Gasteiger partial charge in [0.15, 0.2) is 0 Å². The van der Waals surface area contributed by atoms with Gasteiger partial charge >= 0.3 is 0 Å². The van der Waals surface area contributed by atoms with Crippen molar-refractivity contribution in [2.45, 2.75) is 13.8 Å².